The zero-order valence-electron chi connectivity index (χ0n) is 18.2. The number of allylic oxidation sites excluding steroid dienone is 2. The maximum absolute atomic E-state index is 13.9. The molecule has 1 aliphatic carbocycles. The van der Waals surface area contributed by atoms with Crippen LogP contribution in [0, 0.1) is 5.41 Å². The second kappa shape index (κ2) is 8.12. The Kier molecular flexibility index (Phi) is 5.62. The van der Waals surface area contributed by atoms with Gasteiger partial charge in [0.1, 0.15) is 6.54 Å². The highest BCUT2D eigenvalue weighted by molar-refractivity contribution is 6.04. The van der Waals surface area contributed by atoms with Crippen molar-refractivity contribution in [3.8, 4) is 0 Å². The van der Waals surface area contributed by atoms with E-state index in [1.807, 2.05) is 0 Å². The van der Waals surface area contributed by atoms with E-state index in [4.69, 9.17) is 5.73 Å². The smallest absolute Gasteiger partial charge is 0.269 e. The van der Waals surface area contributed by atoms with Crippen molar-refractivity contribution < 1.29 is 23.9 Å². The number of primary amides is 1. The highest BCUT2D eigenvalue weighted by Crippen LogP contribution is 2.59. The fourth-order valence-electron chi connectivity index (χ4n) is 4.78. The molecular formula is C23H27FN4O4. The lowest BCUT2D eigenvalue weighted by Crippen LogP contribution is -2.44. The third kappa shape index (κ3) is 3.70. The molecule has 0 unspecified atom stereocenters. The number of hydrogen-bond acceptors (Lipinski definition) is 5. The number of benzene rings is 1. The van der Waals surface area contributed by atoms with Crippen LogP contribution in [0.1, 0.15) is 50.0 Å². The molecular weight excluding hydrogens is 415 g/mol. The van der Waals surface area contributed by atoms with Crippen LogP contribution in [0.2, 0.25) is 0 Å². The number of aromatic nitrogens is 2. The summed E-state index contributed by atoms with van der Waals surface area (Å²) in [6.45, 7) is 3.02. The van der Waals surface area contributed by atoms with Crippen LogP contribution in [-0.4, -0.2) is 56.1 Å². The molecule has 9 heteroatoms. The average Bonchev–Trinajstić information content (AvgIpc) is 3.19. The van der Waals surface area contributed by atoms with Gasteiger partial charge in [0.15, 0.2) is 11.5 Å². The third-order valence-electron chi connectivity index (χ3n) is 6.70. The maximum atomic E-state index is 13.9. The third-order valence-corrected chi connectivity index (χ3v) is 6.70. The van der Waals surface area contributed by atoms with Crippen molar-refractivity contribution in [2.45, 2.75) is 58.2 Å². The summed E-state index contributed by atoms with van der Waals surface area (Å²) in [5, 5.41) is 14.6. The van der Waals surface area contributed by atoms with Crippen LogP contribution in [0.4, 0.5) is 4.39 Å². The number of nitrogens with zero attached hydrogens (tertiary/aromatic N) is 3. The highest BCUT2D eigenvalue weighted by Gasteiger charge is 2.66. The van der Waals surface area contributed by atoms with Crippen LogP contribution in [0.5, 0.6) is 0 Å². The van der Waals surface area contributed by atoms with Gasteiger partial charge in [-0.1, -0.05) is 18.2 Å². The number of aliphatic hydroxyl groups is 1. The van der Waals surface area contributed by atoms with Crippen molar-refractivity contribution in [3.63, 3.8) is 0 Å². The van der Waals surface area contributed by atoms with E-state index in [0.717, 1.165) is 0 Å². The Labute approximate surface area is 184 Å². The van der Waals surface area contributed by atoms with Gasteiger partial charge in [-0.05, 0) is 38.3 Å². The van der Waals surface area contributed by atoms with Gasteiger partial charge in [-0.25, -0.2) is 4.39 Å². The van der Waals surface area contributed by atoms with Crippen molar-refractivity contribution in [3.05, 3.63) is 41.4 Å². The van der Waals surface area contributed by atoms with Gasteiger partial charge < -0.3 is 15.7 Å². The number of halogens is 1. The largest absolute Gasteiger partial charge is 0.396 e. The summed E-state index contributed by atoms with van der Waals surface area (Å²) < 4.78 is 15.3. The van der Waals surface area contributed by atoms with E-state index in [0.29, 0.717) is 29.3 Å². The van der Waals surface area contributed by atoms with Gasteiger partial charge in [-0.2, -0.15) is 5.10 Å². The molecule has 2 heterocycles. The van der Waals surface area contributed by atoms with Gasteiger partial charge in [-0.15, -0.1) is 0 Å². The summed E-state index contributed by atoms with van der Waals surface area (Å²) in [4.78, 5) is 39.6. The highest BCUT2D eigenvalue weighted by atomic mass is 19.1. The van der Waals surface area contributed by atoms with Crippen LogP contribution in [0.15, 0.2) is 35.7 Å². The number of nitrogens with two attached hydrogens (primary N) is 1. The SMILES string of the molecule is CC(C)=C(F)CCC(=O)[C@@H]1C[C@@]2(CO)C[C@H]2N1C(=O)Cn1nc(C(N)=O)c2ccccc21. The Morgan fingerprint density at radius 3 is 2.59 bits per heavy atom. The first-order valence-electron chi connectivity index (χ1n) is 10.7. The molecule has 1 saturated heterocycles. The van der Waals surface area contributed by atoms with Crippen molar-refractivity contribution >= 4 is 28.5 Å². The summed E-state index contributed by atoms with van der Waals surface area (Å²) in [5.41, 5.74) is 6.17. The van der Waals surface area contributed by atoms with Gasteiger partial charge >= 0.3 is 0 Å². The zero-order chi connectivity index (χ0) is 23.2. The van der Waals surface area contributed by atoms with Crippen LogP contribution in [-0.2, 0) is 16.1 Å². The number of carbonyl (C=O) groups is 3. The first kappa shape index (κ1) is 22.1. The lowest BCUT2D eigenvalue weighted by molar-refractivity contribution is -0.139. The number of aliphatic hydroxyl groups excluding tert-OH is 1. The van der Waals surface area contributed by atoms with Crippen molar-refractivity contribution in [2.75, 3.05) is 6.61 Å². The first-order chi connectivity index (χ1) is 15.2. The van der Waals surface area contributed by atoms with E-state index >= 15 is 0 Å². The Balaban J connectivity index is 1.58. The van der Waals surface area contributed by atoms with Gasteiger partial charge in [0.2, 0.25) is 5.91 Å². The lowest BCUT2D eigenvalue weighted by atomic mass is 9.96. The molecule has 2 fully saturated rings. The van der Waals surface area contributed by atoms with Crippen LogP contribution in [0.25, 0.3) is 10.9 Å². The second-order valence-corrected chi connectivity index (χ2v) is 9.02. The maximum Gasteiger partial charge on any atom is 0.269 e. The number of likely N-dealkylation sites (tertiary alicyclic amines) is 1. The number of fused-ring (bicyclic) bond motifs is 2. The summed E-state index contributed by atoms with van der Waals surface area (Å²) >= 11 is 0. The lowest BCUT2D eigenvalue weighted by Gasteiger charge is -2.27. The van der Waals surface area contributed by atoms with Crippen molar-refractivity contribution in [1.82, 2.24) is 14.7 Å². The standard InChI is InChI=1S/C23H27FN4O4/c1-13(2)15(24)7-8-18(30)17-9-23(12-29)10-19(23)28(17)20(31)11-27-16-6-4-3-5-14(16)21(26-27)22(25)32/h3-6,17,19,29H,7-12H2,1-2H3,(H2,25,32)/t17-,19+,23-/m0/s1. The van der Waals surface area contributed by atoms with Crippen LogP contribution in [0.3, 0.4) is 0 Å². The Morgan fingerprint density at radius 2 is 1.94 bits per heavy atom. The van der Waals surface area contributed by atoms with Gasteiger partial charge in [0, 0.05) is 29.7 Å². The number of rotatable bonds is 8. The summed E-state index contributed by atoms with van der Waals surface area (Å²) in [5.74, 6) is -1.55. The number of amides is 2. The number of carbonyl (C=O) groups excluding carboxylic acids is 3. The number of piperidine rings is 1. The summed E-state index contributed by atoms with van der Waals surface area (Å²) in [6, 6.07) is 6.05. The normalized spacial score (nSPS) is 23.8. The first-order valence-corrected chi connectivity index (χ1v) is 10.7. The molecule has 0 bridgehead atoms. The number of hydrogen-bond donors (Lipinski definition) is 2. The molecule has 2 aromatic rings. The van der Waals surface area contributed by atoms with E-state index < -0.39 is 17.4 Å². The Hall–Kier alpha value is -3.07. The molecule has 1 aromatic heterocycles. The van der Waals surface area contributed by atoms with Crippen molar-refractivity contribution in [2.24, 2.45) is 11.1 Å². The van der Waals surface area contributed by atoms with E-state index in [1.54, 1.807) is 43.0 Å². The molecule has 0 radical (unpaired) electrons. The second-order valence-electron chi connectivity index (χ2n) is 9.02. The predicted octanol–water partition coefficient (Wildman–Crippen LogP) is 2.10. The molecule has 3 atom stereocenters. The van der Waals surface area contributed by atoms with Crippen molar-refractivity contribution in [1.29, 1.82) is 0 Å². The Bertz CT molecular complexity index is 1140. The molecule has 1 aliphatic heterocycles. The zero-order valence-corrected chi connectivity index (χ0v) is 18.2. The Morgan fingerprint density at radius 1 is 1.22 bits per heavy atom. The minimum atomic E-state index is -0.698. The number of ketones is 1. The van der Waals surface area contributed by atoms with E-state index in [9.17, 15) is 23.9 Å². The number of para-hydroxylation sites is 1. The quantitative estimate of drug-likeness (QED) is 0.649. The van der Waals surface area contributed by atoms with E-state index in [-0.39, 0.29) is 55.2 Å². The van der Waals surface area contributed by atoms with Gasteiger partial charge in [0.25, 0.3) is 5.91 Å². The fourth-order valence-corrected chi connectivity index (χ4v) is 4.78. The predicted molar refractivity (Wildman–Crippen MR) is 115 cm³/mol. The minimum absolute atomic E-state index is 0.00224. The minimum Gasteiger partial charge on any atom is -0.396 e. The molecule has 4 rings (SSSR count). The summed E-state index contributed by atoms with van der Waals surface area (Å²) in [7, 11) is 0. The van der Waals surface area contributed by atoms with Crippen LogP contribution < -0.4 is 5.73 Å². The molecule has 2 amide bonds. The van der Waals surface area contributed by atoms with E-state index in [1.165, 1.54) is 4.68 Å². The molecule has 2 aliphatic rings. The van der Waals surface area contributed by atoms with Gasteiger partial charge in [-0.3, -0.25) is 19.1 Å². The van der Waals surface area contributed by atoms with Crippen LogP contribution >= 0.6 is 0 Å². The molecule has 8 nitrogen and oxygen atoms in total. The fraction of sp³-hybridized carbons (Fsp3) is 0.478. The molecule has 1 aromatic carbocycles. The molecule has 3 N–H and O–H groups in total. The monoisotopic (exact) mass is 442 g/mol. The molecule has 0 spiro atoms. The van der Waals surface area contributed by atoms with E-state index in [2.05, 4.69) is 5.10 Å². The van der Waals surface area contributed by atoms with Gasteiger partial charge in [0.05, 0.1) is 24.0 Å². The molecule has 32 heavy (non-hydrogen) atoms. The number of Topliss-reactive ketones (excluding diaryl/α,β-unsaturated/α-hetero) is 1. The molecule has 1 saturated carbocycles. The molecule has 170 valence electrons. The topological polar surface area (TPSA) is 119 Å². The summed E-state index contributed by atoms with van der Waals surface area (Å²) in [6.07, 6.45) is 1.01. The average molecular weight is 442 g/mol.